The molecule has 16 nitrogen and oxygen atoms in total. The zero-order chi connectivity index (χ0) is 37.1. The Morgan fingerprint density at radius 2 is 1.69 bits per heavy atom. The van der Waals surface area contributed by atoms with Crippen LogP contribution >= 0.6 is 0 Å². The molecule has 272 valence electrons. The van der Waals surface area contributed by atoms with Gasteiger partial charge in [0.2, 0.25) is 10.3 Å². The van der Waals surface area contributed by atoms with Gasteiger partial charge in [0, 0.05) is 66.9 Å². The van der Waals surface area contributed by atoms with E-state index >= 15 is 0 Å². The molecule has 7 rings (SSSR count). The van der Waals surface area contributed by atoms with Crippen molar-refractivity contribution in [1.82, 2.24) is 9.96 Å². The number of aryl methyl sites for hydroxylation is 2. The minimum Gasteiger partial charge on any atom is -0.744 e. The lowest BCUT2D eigenvalue weighted by molar-refractivity contribution is -0.507. The summed E-state index contributed by atoms with van der Waals surface area (Å²) in [5.74, 6) is -3.71. The van der Waals surface area contributed by atoms with Gasteiger partial charge in [-0.2, -0.15) is 8.42 Å². The quantitative estimate of drug-likeness (QED) is 0.149. The van der Waals surface area contributed by atoms with Gasteiger partial charge < -0.3 is 24.3 Å². The number of carbonyl (C=O) groups excluding carboxylic acids is 4. The number of hydrogen-bond acceptors (Lipinski definition) is 12. The first-order valence-corrected chi connectivity index (χ1v) is 19.3. The Balaban J connectivity index is 1.42. The Bertz CT molecular complexity index is 2450. The Kier molecular flexibility index (Phi) is 8.88. The van der Waals surface area contributed by atoms with Gasteiger partial charge in [-0.25, -0.2) is 18.2 Å². The molecule has 4 aliphatic rings. The van der Waals surface area contributed by atoms with E-state index < -0.39 is 65.2 Å². The number of amides is 3. The number of fused-ring (bicyclic) bond motifs is 4. The van der Waals surface area contributed by atoms with Crippen LogP contribution in [0.4, 0.5) is 5.69 Å². The molecule has 18 heteroatoms. The van der Waals surface area contributed by atoms with Gasteiger partial charge in [-0.15, -0.1) is 5.06 Å². The first-order chi connectivity index (χ1) is 24.6. The molecule has 3 amide bonds. The molecule has 3 aromatic carbocycles. The van der Waals surface area contributed by atoms with Gasteiger partial charge in [-0.05, 0) is 48.6 Å². The fourth-order valence-corrected chi connectivity index (χ4v) is 8.69. The van der Waals surface area contributed by atoms with Crippen molar-refractivity contribution in [1.29, 1.82) is 0 Å². The first kappa shape index (κ1) is 35.2. The van der Waals surface area contributed by atoms with Gasteiger partial charge in [0.05, 0.1) is 12.1 Å². The average Bonchev–Trinajstić information content (AvgIpc) is 3.41. The Labute approximate surface area is 297 Å². The molecule has 52 heavy (non-hydrogen) atoms. The summed E-state index contributed by atoms with van der Waals surface area (Å²) >= 11 is 0. The topological polar surface area (TPSA) is 231 Å². The summed E-state index contributed by atoms with van der Waals surface area (Å²) in [7, 11) is -8.90. The Morgan fingerprint density at radius 3 is 2.40 bits per heavy atom. The number of anilines is 1. The van der Waals surface area contributed by atoms with Gasteiger partial charge in [0.25, 0.3) is 17.7 Å². The maximum Gasteiger partial charge on any atom is 0.334 e. The number of carbonyl (C=O) groups is 4. The summed E-state index contributed by atoms with van der Waals surface area (Å²) in [6, 6.07) is 9.57. The van der Waals surface area contributed by atoms with Crippen molar-refractivity contribution in [2.24, 2.45) is 0 Å². The highest BCUT2D eigenvalue weighted by molar-refractivity contribution is 7.86. The predicted octanol–water partition coefficient (Wildman–Crippen LogP) is -0.736. The van der Waals surface area contributed by atoms with E-state index in [1.807, 2.05) is 0 Å². The molecular weight excluding hydrogens is 721 g/mol. The normalized spacial score (nSPS) is 16.4. The van der Waals surface area contributed by atoms with E-state index in [-0.39, 0.29) is 64.3 Å². The van der Waals surface area contributed by atoms with E-state index in [1.54, 1.807) is 30.3 Å². The molecule has 4 heterocycles. The molecule has 1 saturated heterocycles. The van der Waals surface area contributed by atoms with Crippen molar-refractivity contribution < 1.29 is 59.7 Å². The fourth-order valence-electron chi connectivity index (χ4n) is 7.01. The first-order valence-electron chi connectivity index (χ1n) is 16.4. The summed E-state index contributed by atoms with van der Waals surface area (Å²) in [6.07, 6.45) is 1.53. The van der Waals surface area contributed by atoms with Crippen molar-refractivity contribution >= 4 is 55.2 Å². The second-order valence-corrected chi connectivity index (χ2v) is 15.4. The maximum atomic E-state index is 14.1. The molecule has 0 aliphatic carbocycles. The molecule has 3 aromatic rings. The summed E-state index contributed by atoms with van der Waals surface area (Å²) in [4.78, 5) is 58.1. The highest BCUT2D eigenvalue weighted by atomic mass is 32.2. The number of nitrogens with zero attached hydrogens (tertiary/aromatic N) is 2. The third kappa shape index (κ3) is 6.20. The SMILES string of the molecule is CN(CCC(=O)ON1C(=O)CCC1=O)C(=O)c1ccccc1C1=c2cc3c(c(S(=O)(=O)O)c2Oc2c1cc1c(c2S(=O)(=O)[O-])NCCC1)=[NH+]CCC3. The number of ether oxygens (including phenoxy) is 1. The molecule has 0 atom stereocenters. The smallest absolute Gasteiger partial charge is 0.334 e. The lowest BCUT2D eigenvalue weighted by Gasteiger charge is -2.31. The van der Waals surface area contributed by atoms with Gasteiger partial charge in [-0.3, -0.25) is 18.9 Å². The summed E-state index contributed by atoms with van der Waals surface area (Å²) < 4.78 is 81.8. The van der Waals surface area contributed by atoms with E-state index in [4.69, 9.17) is 9.57 Å². The minimum atomic E-state index is -5.27. The monoisotopic (exact) mass is 752 g/mol. The fraction of sp³-hybridized carbons (Fsp3) is 0.324. The predicted molar refractivity (Wildman–Crippen MR) is 177 cm³/mol. The summed E-state index contributed by atoms with van der Waals surface area (Å²) in [6.45, 7) is 0.537. The van der Waals surface area contributed by atoms with E-state index in [2.05, 4.69) is 10.3 Å². The van der Waals surface area contributed by atoms with Gasteiger partial charge >= 0.3 is 16.1 Å². The van der Waals surface area contributed by atoms with Crippen LogP contribution in [0.1, 0.15) is 64.7 Å². The number of hydroxylamine groups is 2. The van der Waals surface area contributed by atoms with Crippen LogP contribution in [0.2, 0.25) is 0 Å². The van der Waals surface area contributed by atoms with Crippen molar-refractivity contribution in [2.45, 2.75) is 54.7 Å². The number of rotatable bonds is 8. The van der Waals surface area contributed by atoms with Crippen LogP contribution in [-0.4, -0.2) is 86.3 Å². The Morgan fingerprint density at radius 1 is 0.981 bits per heavy atom. The average molecular weight is 753 g/mol. The van der Waals surface area contributed by atoms with Crippen molar-refractivity contribution in [3.05, 3.63) is 74.8 Å². The number of imide groups is 1. The summed E-state index contributed by atoms with van der Waals surface area (Å²) in [5, 5.41) is 3.59. The molecule has 0 unspecified atom stereocenters. The summed E-state index contributed by atoms with van der Waals surface area (Å²) in [5.41, 5.74) is 1.60. The molecule has 0 bridgehead atoms. The van der Waals surface area contributed by atoms with Crippen LogP contribution in [0.15, 0.2) is 46.2 Å². The minimum absolute atomic E-state index is 0.0283. The van der Waals surface area contributed by atoms with E-state index in [0.29, 0.717) is 55.0 Å². The zero-order valence-electron chi connectivity index (χ0n) is 27.7. The molecule has 4 aliphatic heterocycles. The number of benzene rings is 3. The van der Waals surface area contributed by atoms with E-state index in [1.165, 1.54) is 18.0 Å². The lowest BCUT2D eigenvalue weighted by atomic mass is 9.86. The highest BCUT2D eigenvalue weighted by Gasteiger charge is 2.38. The molecular formula is C34H32N4O12S2. The van der Waals surface area contributed by atoms with Gasteiger partial charge in [-0.1, -0.05) is 18.2 Å². The molecule has 0 radical (unpaired) electrons. The molecule has 0 saturated carbocycles. The van der Waals surface area contributed by atoms with Crippen LogP contribution in [0.3, 0.4) is 0 Å². The Hall–Kier alpha value is -5.17. The standard InChI is InChI=1S/C34H32N4O12S2/c1-37(15-12-26(41)50-38-24(39)10-11-25(38)40)34(42)21-9-3-2-8-20(21)27-22-16-18-6-4-13-35-28(18)32(51(43,44)45)30(22)49-31-23(27)17-19-7-5-14-36-29(19)33(31)52(46,47)48/h2-3,8-9,16-17,35H,4-7,10-15H2,1H3,(H,43,44,45)(H,46,47,48). The molecule has 3 N–H and O–H groups in total. The van der Waals surface area contributed by atoms with E-state index in [9.17, 15) is 45.1 Å². The molecule has 0 spiro atoms. The second-order valence-electron chi connectivity index (χ2n) is 12.8. The number of hydrogen-bond donors (Lipinski definition) is 3. The van der Waals surface area contributed by atoms with Crippen molar-refractivity contribution in [2.75, 3.05) is 32.0 Å². The van der Waals surface area contributed by atoms with Crippen LogP contribution in [0.25, 0.3) is 5.57 Å². The van der Waals surface area contributed by atoms with Crippen LogP contribution in [0, 0.1) is 0 Å². The van der Waals surface area contributed by atoms with Crippen molar-refractivity contribution in [3.63, 3.8) is 0 Å². The van der Waals surface area contributed by atoms with E-state index in [0.717, 1.165) is 0 Å². The van der Waals surface area contributed by atoms with Crippen molar-refractivity contribution in [3.8, 4) is 11.5 Å². The third-order valence-corrected chi connectivity index (χ3v) is 11.2. The third-order valence-electron chi connectivity index (χ3n) is 9.36. The number of nitrogens with one attached hydrogen (secondary N) is 2. The lowest BCUT2D eigenvalue weighted by Crippen LogP contribution is -2.80. The van der Waals surface area contributed by atoms with Gasteiger partial charge in [0.1, 0.15) is 21.6 Å². The second kappa shape index (κ2) is 13.1. The molecule has 1 fully saturated rings. The molecule has 0 aromatic heterocycles. The zero-order valence-corrected chi connectivity index (χ0v) is 29.3. The largest absolute Gasteiger partial charge is 0.744 e. The van der Waals surface area contributed by atoms with Gasteiger partial charge in [0.15, 0.2) is 11.5 Å². The maximum absolute atomic E-state index is 14.1. The van der Waals surface area contributed by atoms with Crippen LogP contribution in [0.5, 0.6) is 11.5 Å². The highest BCUT2D eigenvalue weighted by Crippen LogP contribution is 2.47. The van der Waals surface area contributed by atoms with Crippen LogP contribution in [-0.2, 0) is 52.3 Å². The van der Waals surface area contributed by atoms with Crippen LogP contribution < -0.4 is 25.6 Å².